The van der Waals surface area contributed by atoms with E-state index in [0.717, 1.165) is 12.3 Å². The average molecular weight is 629 g/mol. The molecule has 0 spiro atoms. The third-order valence-corrected chi connectivity index (χ3v) is 13.0. The molecular weight excluding hydrogens is 581 g/mol. The summed E-state index contributed by atoms with van der Waals surface area (Å²) in [5.74, 6) is 2.26. The topological polar surface area (TPSA) is 24.1 Å². The van der Waals surface area contributed by atoms with Crippen molar-refractivity contribution in [2.75, 3.05) is 0 Å². The maximum absolute atomic E-state index is 4.23. The van der Waals surface area contributed by atoms with E-state index in [0.29, 0.717) is 35.9 Å². The molecule has 0 bridgehead atoms. The summed E-state index contributed by atoms with van der Waals surface area (Å²) in [5.41, 5.74) is 7.20. The fourth-order valence-electron chi connectivity index (χ4n) is 10.5. The summed E-state index contributed by atoms with van der Waals surface area (Å²) in [6.07, 6.45) is 34.9. The Kier molecular flexibility index (Phi) is 7.22. The normalized spacial score (nSPS) is 29.6. The van der Waals surface area contributed by atoms with Crippen molar-refractivity contribution in [3.8, 4) is 0 Å². The summed E-state index contributed by atoms with van der Waals surface area (Å²) >= 11 is 0. The largest absolute Gasteiger partial charge is 0.380 e. The standard InChI is InChI=1S/C46H48N2/c1-3-9-29(10-4-1)41-26-22-34-21-25-39-40(28-42(30-11-5-2-6-12-30)48-46(39)45(34)47-41)36-16-8-15-35(27-36)37-23-19-33-18-17-31-13-7-14-32-20-24-38(37)44(33)43(31)32/h7-8,13-14,16-30,34-35,41-42,45,47-48H,1-6,9-12,15H2/t34?,35?,41-,42?,45?/m0/s1. The maximum Gasteiger partial charge on any atom is 0.0579 e. The second kappa shape index (κ2) is 11.9. The van der Waals surface area contributed by atoms with Crippen LogP contribution in [0.15, 0.2) is 126 Å². The molecule has 2 nitrogen and oxygen atoms in total. The number of allylic oxidation sites excluding steroid dienone is 7. The van der Waals surface area contributed by atoms with E-state index in [4.69, 9.17) is 0 Å². The Bertz CT molecular complexity index is 2040. The lowest BCUT2D eigenvalue weighted by atomic mass is 9.73. The van der Waals surface area contributed by atoms with Crippen LogP contribution in [0.3, 0.4) is 0 Å². The first kappa shape index (κ1) is 29.1. The van der Waals surface area contributed by atoms with Crippen LogP contribution in [-0.4, -0.2) is 18.1 Å². The van der Waals surface area contributed by atoms with Crippen molar-refractivity contribution in [2.45, 2.75) is 94.7 Å². The first-order valence-electron chi connectivity index (χ1n) is 19.2. The molecule has 4 unspecified atom stereocenters. The molecule has 4 aromatic carbocycles. The van der Waals surface area contributed by atoms with Crippen LogP contribution in [0.25, 0.3) is 32.3 Å². The zero-order chi connectivity index (χ0) is 31.6. The van der Waals surface area contributed by atoms with Crippen molar-refractivity contribution in [3.05, 3.63) is 131 Å². The molecule has 2 heteroatoms. The molecule has 0 saturated heterocycles. The van der Waals surface area contributed by atoms with Gasteiger partial charge in [0.05, 0.1) is 6.04 Å². The van der Waals surface area contributed by atoms with Gasteiger partial charge in [-0.05, 0) is 93.0 Å². The molecule has 4 aromatic rings. The number of nitrogens with one attached hydrogen (secondary N) is 2. The Morgan fingerprint density at radius 3 is 2.10 bits per heavy atom. The highest BCUT2D eigenvalue weighted by Crippen LogP contribution is 2.44. The van der Waals surface area contributed by atoms with E-state index in [-0.39, 0.29) is 0 Å². The zero-order valence-electron chi connectivity index (χ0n) is 28.1. The van der Waals surface area contributed by atoms with E-state index in [2.05, 4.69) is 114 Å². The summed E-state index contributed by atoms with van der Waals surface area (Å²) in [5, 5.41) is 16.7. The lowest BCUT2D eigenvalue weighted by Gasteiger charge is -2.44. The quantitative estimate of drug-likeness (QED) is 0.174. The predicted octanol–water partition coefficient (Wildman–Crippen LogP) is 10.9. The van der Waals surface area contributed by atoms with Crippen LogP contribution in [0.4, 0.5) is 0 Å². The molecule has 2 saturated carbocycles. The van der Waals surface area contributed by atoms with Crippen LogP contribution >= 0.6 is 0 Å². The van der Waals surface area contributed by atoms with E-state index in [1.54, 1.807) is 0 Å². The Hall–Kier alpha value is -3.88. The summed E-state index contributed by atoms with van der Waals surface area (Å²) < 4.78 is 0. The SMILES string of the molecule is C1=CC(C2=CC(C3CCCCC3)NC3=C2C=CC2C=C[C@@H](C4CCCCC4)NC32)=CC(c2ccc3ccc4cccc5ccc2c3c45)C1. The third-order valence-electron chi connectivity index (χ3n) is 13.0. The van der Waals surface area contributed by atoms with E-state index < -0.39 is 0 Å². The fraction of sp³-hybridized carbons (Fsp3) is 0.391. The summed E-state index contributed by atoms with van der Waals surface area (Å²) in [7, 11) is 0. The van der Waals surface area contributed by atoms with Crippen molar-refractivity contribution in [1.29, 1.82) is 0 Å². The molecule has 0 radical (unpaired) electrons. The van der Waals surface area contributed by atoms with Gasteiger partial charge in [-0.1, -0.05) is 142 Å². The first-order valence-corrected chi connectivity index (χ1v) is 19.2. The molecule has 2 fully saturated rings. The molecule has 5 atom stereocenters. The van der Waals surface area contributed by atoms with Crippen LogP contribution in [0.2, 0.25) is 0 Å². The van der Waals surface area contributed by atoms with Gasteiger partial charge < -0.3 is 10.6 Å². The molecule has 6 aliphatic rings. The van der Waals surface area contributed by atoms with E-state index >= 15 is 0 Å². The van der Waals surface area contributed by atoms with Crippen molar-refractivity contribution >= 4 is 32.3 Å². The van der Waals surface area contributed by atoms with Crippen molar-refractivity contribution in [3.63, 3.8) is 0 Å². The lowest BCUT2D eigenvalue weighted by Crippen LogP contribution is -2.54. The van der Waals surface area contributed by atoms with E-state index in [9.17, 15) is 0 Å². The van der Waals surface area contributed by atoms with Crippen LogP contribution in [-0.2, 0) is 0 Å². The minimum atomic E-state index is 0.332. The highest BCUT2D eigenvalue weighted by atomic mass is 15.1. The Balaban J connectivity index is 1.05. The molecule has 2 heterocycles. The number of benzene rings is 4. The first-order chi connectivity index (χ1) is 23.8. The highest BCUT2D eigenvalue weighted by molar-refractivity contribution is 6.23. The van der Waals surface area contributed by atoms with Gasteiger partial charge in [0, 0.05) is 35.2 Å². The molecule has 10 rings (SSSR count). The Labute approximate surface area is 285 Å². The average Bonchev–Trinajstić information content (AvgIpc) is 3.17. The summed E-state index contributed by atoms with van der Waals surface area (Å²) in [6, 6.07) is 22.1. The van der Waals surface area contributed by atoms with Gasteiger partial charge in [-0.2, -0.15) is 0 Å². The molecular formula is C46H48N2. The smallest absolute Gasteiger partial charge is 0.0579 e. The minimum Gasteiger partial charge on any atom is -0.380 e. The molecule has 2 aliphatic heterocycles. The van der Waals surface area contributed by atoms with E-state index in [1.807, 2.05) is 0 Å². The second-order valence-electron chi connectivity index (χ2n) is 15.7. The van der Waals surface area contributed by atoms with Gasteiger partial charge >= 0.3 is 0 Å². The monoisotopic (exact) mass is 628 g/mol. The highest BCUT2D eigenvalue weighted by Gasteiger charge is 2.39. The second-order valence-corrected chi connectivity index (χ2v) is 15.7. The number of rotatable bonds is 4. The van der Waals surface area contributed by atoms with Gasteiger partial charge in [0.2, 0.25) is 0 Å². The number of hydrogen-bond donors (Lipinski definition) is 2. The Morgan fingerprint density at radius 2 is 1.31 bits per heavy atom. The lowest BCUT2D eigenvalue weighted by molar-refractivity contribution is 0.261. The zero-order valence-corrected chi connectivity index (χ0v) is 28.1. The van der Waals surface area contributed by atoms with Crippen LogP contribution in [0, 0.1) is 17.8 Å². The van der Waals surface area contributed by atoms with Crippen LogP contribution in [0.5, 0.6) is 0 Å². The number of fused-ring (bicyclic) bond motifs is 2. The van der Waals surface area contributed by atoms with E-state index in [1.165, 1.54) is 125 Å². The number of hydrogen-bond acceptors (Lipinski definition) is 2. The minimum absolute atomic E-state index is 0.332. The third kappa shape index (κ3) is 4.85. The maximum atomic E-state index is 4.23. The predicted molar refractivity (Wildman–Crippen MR) is 202 cm³/mol. The molecule has 0 amide bonds. The van der Waals surface area contributed by atoms with Gasteiger partial charge in [0.25, 0.3) is 0 Å². The molecule has 2 N–H and O–H groups in total. The summed E-state index contributed by atoms with van der Waals surface area (Å²) in [6.45, 7) is 0. The molecule has 242 valence electrons. The van der Waals surface area contributed by atoms with Gasteiger partial charge in [0.1, 0.15) is 0 Å². The van der Waals surface area contributed by atoms with Gasteiger partial charge in [-0.25, -0.2) is 0 Å². The molecule has 48 heavy (non-hydrogen) atoms. The Morgan fingerprint density at radius 1 is 0.604 bits per heavy atom. The fourth-order valence-corrected chi connectivity index (χ4v) is 10.5. The summed E-state index contributed by atoms with van der Waals surface area (Å²) in [4.78, 5) is 0. The van der Waals surface area contributed by atoms with Crippen LogP contribution in [0.1, 0.15) is 82.1 Å². The van der Waals surface area contributed by atoms with Crippen molar-refractivity contribution in [2.24, 2.45) is 17.8 Å². The molecule has 0 aromatic heterocycles. The van der Waals surface area contributed by atoms with Crippen molar-refractivity contribution in [1.82, 2.24) is 10.6 Å². The van der Waals surface area contributed by atoms with Crippen molar-refractivity contribution < 1.29 is 0 Å². The van der Waals surface area contributed by atoms with Crippen LogP contribution < -0.4 is 10.6 Å². The van der Waals surface area contributed by atoms with Gasteiger partial charge in [-0.15, -0.1) is 0 Å². The van der Waals surface area contributed by atoms with Gasteiger partial charge in [0.15, 0.2) is 0 Å². The number of dihydropyridines is 1. The van der Waals surface area contributed by atoms with Gasteiger partial charge in [-0.3, -0.25) is 0 Å². The molecule has 4 aliphatic carbocycles.